The lowest BCUT2D eigenvalue weighted by atomic mass is 10.1. The number of rotatable bonds is 6. The molecule has 1 aromatic heterocycles. The van der Waals surface area contributed by atoms with Gasteiger partial charge in [0.05, 0.1) is 12.8 Å². The molecule has 3 heteroatoms. The van der Waals surface area contributed by atoms with Crippen molar-refractivity contribution in [3.8, 4) is 23.2 Å². The maximum atomic E-state index is 5.43. The molecule has 2 rings (SSSR count). The molecule has 0 aliphatic carbocycles. The van der Waals surface area contributed by atoms with Gasteiger partial charge in [-0.2, -0.15) is 0 Å². The fraction of sp³-hybridized carbons (Fsp3) is 0.294. The molecule has 0 fully saturated rings. The quantitative estimate of drug-likeness (QED) is 0.625. The van der Waals surface area contributed by atoms with Gasteiger partial charge in [-0.1, -0.05) is 24.0 Å². The molecule has 20 heavy (non-hydrogen) atoms. The monoisotopic (exact) mass is 268 g/mol. The smallest absolute Gasteiger partial charge is 0.133 e. The molecule has 0 atom stereocenters. The molecule has 0 radical (unpaired) electrons. The summed E-state index contributed by atoms with van der Waals surface area (Å²) in [6, 6.07) is 11.9. The van der Waals surface area contributed by atoms with Crippen molar-refractivity contribution in [1.29, 1.82) is 0 Å². The minimum atomic E-state index is 0.713. The number of hydrogen-bond acceptors (Lipinski definition) is 3. The normalized spacial score (nSPS) is 10.1. The van der Waals surface area contributed by atoms with E-state index in [0.29, 0.717) is 6.54 Å². The van der Waals surface area contributed by atoms with Gasteiger partial charge < -0.3 is 15.5 Å². The minimum Gasteiger partial charge on any atom is -0.464 e. The zero-order chi connectivity index (χ0) is 14.0. The Morgan fingerprint density at radius 3 is 2.65 bits per heavy atom. The zero-order valence-corrected chi connectivity index (χ0v) is 11.6. The first-order valence-corrected chi connectivity index (χ1v) is 6.94. The topological polar surface area (TPSA) is 51.2 Å². The van der Waals surface area contributed by atoms with Crippen LogP contribution < -0.4 is 11.1 Å². The van der Waals surface area contributed by atoms with E-state index in [0.717, 1.165) is 42.8 Å². The molecule has 3 N–H and O–H groups in total. The van der Waals surface area contributed by atoms with Gasteiger partial charge in [-0.3, -0.25) is 0 Å². The summed E-state index contributed by atoms with van der Waals surface area (Å²) >= 11 is 0. The molecule has 0 spiro atoms. The highest BCUT2D eigenvalue weighted by molar-refractivity contribution is 5.58. The largest absolute Gasteiger partial charge is 0.464 e. The molecule has 0 saturated heterocycles. The molecule has 0 aliphatic heterocycles. The molecule has 0 bridgehead atoms. The molecular weight excluding hydrogens is 248 g/mol. The van der Waals surface area contributed by atoms with Crippen LogP contribution in [0.15, 0.2) is 47.1 Å². The number of furan rings is 1. The Kier molecular flexibility index (Phi) is 5.91. The lowest BCUT2D eigenvalue weighted by Gasteiger charge is -1.98. The van der Waals surface area contributed by atoms with Crippen LogP contribution in [-0.2, 0) is 0 Å². The summed E-state index contributed by atoms with van der Waals surface area (Å²) in [5, 5.41) is 3.28. The van der Waals surface area contributed by atoms with Gasteiger partial charge in [-0.15, -0.1) is 0 Å². The third kappa shape index (κ3) is 4.58. The summed E-state index contributed by atoms with van der Waals surface area (Å²) in [6.07, 6.45) is 3.85. The van der Waals surface area contributed by atoms with Crippen molar-refractivity contribution in [2.24, 2.45) is 5.73 Å². The highest BCUT2D eigenvalue weighted by Gasteiger charge is 1.98. The Morgan fingerprint density at radius 2 is 1.95 bits per heavy atom. The van der Waals surface area contributed by atoms with Crippen molar-refractivity contribution >= 4 is 0 Å². The van der Waals surface area contributed by atoms with Crippen LogP contribution in [0, 0.1) is 11.8 Å². The van der Waals surface area contributed by atoms with Gasteiger partial charge in [0.15, 0.2) is 0 Å². The third-order valence-electron chi connectivity index (χ3n) is 2.94. The lowest BCUT2D eigenvalue weighted by Crippen LogP contribution is -2.16. The second-order valence-electron chi connectivity index (χ2n) is 4.53. The predicted octanol–water partition coefficient (Wildman–Crippen LogP) is 2.63. The van der Waals surface area contributed by atoms with E-state index in [9.17, 15) is 0 Å². The van der Waals surface area contributed by atoms with E-state index >= 15 is 0 Å². The molecule has 0 unspecified atom stereocenters. The van der Waals surface area contributed by atoms with Crippen LogP contribution in [0.5, 0.6) is 0 Å². The second-order valence-corrected chi connectivity index (χ2v) is 4.53. The van der Waals surface area contributed by atoms with Crippen LogP contribution in [0.4, 0.5) is 0 Å². The summed E-state index contributed by atoms with van der Waals surface area (Å²) in [6.45, 7) is 2.45. The molecule has 2 aromatic rings. The highest BCUT2D eigenvalue weighted by atomic mass is 16.3. The maximum absolute atomic E-state index is 5.43. The van der Waals surface area contributed by atoms with Crippen molar-refractivity contribution in [1.82, 2.24) is 5.32 Å². The van der Waals surface area contributed by atoms with E-state index in [2.05, 4.69) is 17.2 Å². The maximum Gasteiger partial charge on any atom is 0.133 e. The third-order valence-corrected chi connectivity index (χ3v) is 2.94. The second kappa shape index (κ2) is 8.21. The van der Waals surface area contributed by atoms with Gasteiger partial charge >= 0.3 is 0 Å². The SMILES string of the molecule is NCCCCNCC#Cc1ccc(-c2ccco2)cc1. The summed E-state index contributed by atoms with van der Waals surface area (Å²) in [5.41, 5.74) is 7.52. The van der Waals surface area contributed by atoms with E-state index in [1.54, 1.807) is 6.26 Å². The Bertz CT molecular complexity index is 547. The van der Waals surface area contributed by atoms with Gasteiger partial charge in [0, 0.05) is 11.1 Å². The number of unbranched alkanes of at least 4 members (excludes halogenated alkanes) is 1. The van der Waals surface area contributed by atoms with Crippen LogP contribution in [0.1, 0.15) is 18.4 Å². The van der Waals surface area contributed by atoms with Gasteiger partial charge in [0.25, 0.3) is 0 Å². The first kappa shape index (κ1) is 14.4. The van der Waals surface area contributed by atoms with Crippen molar-refractivity contribution < 1.29 is 4.42 Å². The average Bonchev–Trinajstić information content (AvgIpc) is 3.01. The van der Waals surface area contributed by atoms with Crippen molar-refractivity contribution in [2.45, 2.75) is 12.8 Å². The van der Waals surface area contributed by atoms with E-state index < -0.39 is 0 Å². The molecule has 1 heterocycles. The molecule has 3 nitrogen and oxygen atoms in total. The van der Waals surface area contributed by atoms with Gasteiger partial charge in [0.2, 0.25) is 0 Å². The summed E-state index contributed by atoms with van der Waals surface area (Å²) in [4.78, 5) is 0. The predicted molar refractivity (Wildman–Crippen MR) is 82.2 cm³/mol. The lowest BCUT2D eigenvalue weighted by molar-refractivity contribution is 0.582. The van der Waals surface area contributed by atoms with Gasteiger partial charge in [-0.05, 0) is 50.2 Å². The summed E-state index contributed by atoms with van der Waals surface area (Å²) in [5.74, 6) is 7.14. The van der Waals surface area contributed by atoms with Gasteiger partial charge in [0.1, 0.15) is 5.76 Å². The van der Waals surface area contributed by atoms with Crippen LogP contribution in [0.25, 0.3) is 11.3 Å². The fourth-order valence-electron chi connectivity index (χ4n) is 1.85. The van der Waals surface area contributed by atoms with Crippen molar-refractivity contribution in [3.05, 3.63) is 48.2 Å². The fourth-order valence-corrected chi connectivity index (χ4v) is 1.85. The highest BCUT2D eigenvalue weighted by Crippen LogP contribution is 2.19. The Labute approximate surface area is 120 Å². The number of hydrogen-bond donors (Lipinski definition) is 2. The van der Waals surface area contributed by atoms with Crippen LogP contribution in [0.2, 0.25) is 0 Å². The minimum absolute atomic E-state index is 0.713. The standard InChI is InChI=1S/C17H20N2O/c18-11-1-2-12-19-13-3-5-15-7-9-16(10-8-15)17-6-4-14-20-17/h4,6-10,14,19H,1-2,11-13,18H2. The van der Waals surface area contributed by atoms with Gasteiger partial charge in [-0.25, -0.2) is 0 Å². The Balaban J connectivity index is 1.79. The Morgan fingerprint density at radius 1 is 1.10 bits per heavy atom. The van der Waals surface area contributed by atoms with Crippen LogP contribution in [0.3, 0.4) is 0 Å². The van der Waals surface area contributed by atoms with Crippen molar-refractivity contribution in [2.75, 3.05) is 19.6 Å². The molecule has 1 aromatic carbocycles. The molecule has 0 aliphatic rings. The first-order chi connectivity index (χ1) is 9.90. The summed E-state index contributed by atoms with van der Waals surface area (Å²) in [7, 11) is 0. The van der Waals surface area contributed by atoms with E-state index in [-0.39, 0.29) is 0 Å². The molecule has 0 amide bonds. The molecule has 0 saturated carbocycles. The number of nitrogens with one attached hydrogen (secondary N) is 1. The zero-order valence-electron chi connectivity index (χ0n) is 11.6. The van der Waals surface area contributed by atoms with E-state index in [4.69, 9.17) is 10.2 Å². The van der Waals surface area contributed by atoms with Crippen LogP contribution >= 0.6 is 0 Å². The molecule has 104 valence electrons. The first-order valence-electron chi connectivity index (χ1n) is 6.94. The van der Waals surface area contributed by atoms with Crippen LogP contribution in [-0.4, -0.2) is 19.6 Å². The number of nitrogens with two attached hydrogens (primary N) is 1. The number of benzene rings is 1. The van der Waals surface area contributed by atoms with E-state index in [1.165, 1.54) is 0 Å². The van der Waals surface area contributed by atoms with E-state index in [1.807, 2.05) is 36.4 Å². The average molecular weight is 268 g/mol. The Hall–Kier alpha value is -2.02. The summed E-state index contributed by atoms with van der Waals surface area (Å²) < 4.78 is 5.35. The van der Waals surface area contributed by atoms with Crippen molar-refractivity contribution in [3.63, 3.8) is 0 Å². The molecular formula is C17H20N2O.